The fourth-order valence-electron chi connectivity index (χ4n) is 3.62. The van der Waals surface area contributed by atoms with Crippen LogP contribution in [0.1, 0.15) is 61.1 Å². The van der Waals surface area contributed by atoms with E-state index < -0.39 is 0 Å². The molecule has 0 aliphatic rings. The lowest BCUT2D eigenvalue weighted by Gasteiger charge is -2.13. The second kappa shape index (κ2) is 19.7. The number of benzene rings is 1. The van der Waals surface area contributed by atoms with Gasteiger partial charge in [-0.1, -0.05) is 26.0 Å². The Hall–Kier alpha value is -2.30. The van der Waals surface area contributed by atoms with E-state index in [0.29, 0.717) is 71.6 Å². The normalized spacial score (nSPS) is 12.2. The highest BCUT2D eigenvalue weighted by Crippen LogP contribution is 2.18. The SMILES string of the molecule is Cc1cnn(C(C)c2ccc(C(=O)NCCOCCOCCOCCOCCOCCCC(C)C)cc2)c1. The van der Waals surface area contributed by atoms with Crippen LogP contribution in [0, 0.1) is 12.8 Å². The predicted molar refractivity (Wildman–Crippen MR) is 148 cm³/mol. The summed E-state index contributed by atoms with van der Waals surface area (Å²) in [4.78, 5) is 12.4. The number of aromatic nitrogens is 2. The summed E-state index contributed by atoms with van der Waals surface area (Å²) in [6.07, 6.45) is 6.15. The van der Waals surface area contributed by atoms with Crippen LogP contribution in [-0.4, -0.2) is 88.3 Å². The summed E-state index contributed by atoms with van der Waals surface area (Å²) in [6, 6.07) is 7.71. The minimum Gasteiger partial charge on any atom is -0.379 e. The molecule has 1 unspecified atom stereocenters. The van der Waals surface area contributed by atoms with Crippen molar-refractivity contribution in [3.8, 4) is 0 Å². The molecule has 1 aromatic carbocycles. The maximum atomic E-state index is 12.4. The van der Waals surface area contributed by atoms with Gasteiger partial charge in [-0.05, 0) is 55.9 Å². The standard InChI is InChI=1S/C29H47N3O6/c1-24(2)6-5-12-34-14-16-36-18-20-38-21-19-37-17-15-35-13-11-30-29(33)28-9-7-27(8-10-28)26(4)32-23-25(3)22-31-32/h7-10,22-24,26H,5-6,11-21H2,1-4H3,(H,30,33). The van der Waals surface area contributed by atoms with Gasteiger partial charge in [0.2, 0.25) is 0 Å². The van der Waals surface area contributed by atoms with E-state index in [-0.39, 0.29) is 11.9 Å². The maximum absolute atomic E-state index is 12.4. The van der Waals surface area contributed by atoms with Crippen molar-refractivity contribution in [3.05, 3.63) is 53.3 Å². The number of ether oxygens (including phenoxy) is 5. The fraction of sp³-hybridized carbons (Fsp3) is 0.655. The molecule has 2 aromatic rings. The van der Waals surface area contributed by atoms with E-state index in [0.717, 1.165) is 30.1 Å². The third-order valence-corrected chi connectivity index (χ3v) is 5.87. The van der Waals surface area contributed by atoms with Gasteiger partial charge in [0.05, 0.1) is 71.7 Å². The van der Waals surface area contributed by atoms with Crippen molar-refractivity contribution < 1.29 is 28.5 Å². The van der Waals surface area contributed by atoms with E-state index in [1.165, 1.54) is 6.42 Å². The molecule has 0 bridgehead atoms. The molecular weight excluding hydrogens is 486 g/mol. The molecule has 214 valence electrons. The van der Waals surface area contributed by atoms with Crippen LogP contribution in [0.3, 0.4) is 0 Å². The smallest absolute Gasteiger partial charge is 0.251 e. The lowest BCUT2D eigenvalue weighted by atomic mass is 10.1. The highest BCUT2D eigenvalue weighted by Gasteiger charge is 2.10. The molecule has 0 aliphatic carbocycles. The molecule has 0 radical (unpaired) electrons. The summed E-state index contributed by atoms with van der Waals surface area (Å²) < 4.78 is 29.4. The van der Waals surface area contributed by atoms with Gasteiger partial charge in [-0.25, -0.2) is 0 Å². The van der Waals surface area contributed by atoms with Gasteiger partial charge >= 0.3 is 0 Å². The predicted octanol–water partition coefficient (Wildman–Crippen LogP) is 4.05. The number of aryl methyl sites for hydroxylation is 1. The van der Waals surface area contributed by atoms with E-state index in [1.807, 2.05) is 48.3 Å². The van der Waals surface area contributed by atoms with Crippen LogP contribution in [0.4, 0.5) is 0 Å². The van der Waals surface area contributed by atoms with E-state index in [2.05, 4.69) is 31.2 Å². The fourth-order valence-corrected chi connectivity index (χ4v) is 3.62. The van der Waals surface area contributed by atoms with Gasteiger partial charge in [0.15, 0.2) is 0 Å². The average Bonchev–Trinajstić information content (AvgIpc) is 3.35. The number of rotatable bonds is 22. The summed E-state index contributed by atoms with van der Waals surface area (Å²) in [5.74, 6) is 0.612. The highest BCUT2D eigenvalue weighted by atomic mass is 16.6. The number of nitrogens with zero attached hydrogens (tertiary/aromatic N) is 2. The van der Waals surface area contributed by atoms with E-state index in [1.54, 1.807) is 0 Å². The van der Waals surface area contributed by atoms with Crippen molar-refractivity contribution >= 4 is 5.91 Å². The van der Waals surface area contributed by atoms with Crippen molar-refractivity contribution in [1.82, 2.24) is 15.1 Å². The molecule has 38 heavy (non-hydrogen) atoms. The second-order valence-corrected chi connectivity index (χ2v) is 9.65. The van der Waals surface area contributed by atoms with E-state index in [9.17, 15) is 4.79 Å². The monoisotopic (exact) mass is 533 g/mol. The first-order valence-electron chi connectivity index (χ1n) is 13.7. The van der Waals surface area contributed by atoms with Gasteiger partial charge in [-0.2, -0.15) is 5.10 Å². The lowest BCUT2D eigenvalue weighted by molar-refractivity contribution is -0.0110. The van der Waals surface area contributed by atoms with Crippen molar-refractivity contribution in [1.29, 1.82) is 0 Å². The van der Waals surface area contributed by atoms with Crippen molar-refractivity contribution in [2.75, 3.05) is 72.6 Å². The van der Waals surface area contributed by atoms with Gasteiger partial charge in [0.25, 0.3) is 5.91 Å². The van der Waals surface area contributed by atoms with Crippen LogP contribution >= 0.6 is 0 Å². The quantitative estimate of drug-likeness (QED) is 0.228. The number of carbonyl (C=O) groups is 1. The molecule has 0 saturated heterocycles. The number of hydrogen-bond donors (Lipinski definition) is 1. The third-order valence-electron chi connectivity index (χ3n) is 5.87. The minimum absolute atomic E-state index is 0.108. The third kappa shape index (κ3) is 14.0. The lowest BCUT2D eigenvalue weighted by Crippen LogP contribution is -2.27. The summed E-state index contributed by atoms with van der Waals surface area (Å²) in [6.45, 7) is 14.5. The van der Waals surface area contributed by atoms with E-state index >= 15 is 0 Å². The molecule has 1 N–H and O–H groups in total. The Kier molecular flexibility index (Phi) is 16.6. The molecule has 1 heterocycles. The summed E-state index contributed by atoms with van der Waals surface area (Å²) in [5.41, 5.74) is 2.84. The summed E-state index contributed by atoms with van der Waals surface area (Å²) in [5, 5.41) is 7.24. The van der Waals surface area contributed by atoms with Crippen LogP contribution < -0.4 is 5.32 Å². The Morgan fingerprint density at radius 3 is 1.84 bits per heavy atom. The van der Waals surface area contributed by atoms with Crippen LogP contribution in [0.15, 0.2) is 36.7 Å². The minimum atomic E-state index is -0.116. The van der Waals surface area contributed by atoms with Crippen LogP contribution in [-0.2, 0) is 23.7 Å². The largest absolute Gasteiger partial charge is 0.379 e. The highest BCUT2D eigenvalue weighted by molar-refractivity contribution is 5.94. The number of hydrogen-bond acceptors (Lipinski definition) is 7. The molecular formula is C29H47N3O6. The zero-order valence-corrected chi connectivity index (χ0v) is 23.7. The first-order valence-corrected chi connectivity index (χ1v) is 13.7. The van der Waals surface area contributed by atoms with Crippen LogP contribution in [0.5, 0.6) is 0 Å². The number of nitrogens with one attached hydrogen (secondary N) is 1. The molecule has 0 saturated carbocycles. The molecule has 9 heteroatoms. The van der Waals surface area contributed by atoms with Gasteiger partial charge in [0, 0.05) is 24.9 Å². The van der Waals surface area contributed by atoms with Crippen molar-refractivity contribution in [2.24, 2.45) is 5.92 Å². The van der Waals surface area contributed by atoms with Crippen molar-refractivity contribution in [2.45, 2.75) is 46.6 Å². The number of carbonyl (C=O) groups excluding carboxylic acids is 1. The maximum Gasteiger partial charge on any atom is 0.251 e. The molecule has 1 atom stereocenters. The summed E-state index contributed by atoms with van der Waals surface area (Å²) >= 11 is 0. The molecule has 0 fully saturated rings. The zero-order chi connectivity index (χ0) is 27.4. The van der Waals surface area contributed by atoms with Crippen LogP contribution in [0.2, 0.25) is 0 Å². The summed E-state index contributed by atoms with van der Waals surface area (Å²) in [7, 11) is 0. The zero-order valence-electron chi connectivity index (χ0n) is 23.7. The first kappa shape index (κ1) is 31.9. The molecule has 2 rings (SSSR count). The molecule has 9 nitrogen and oxygen atoms in total. The molecule has 1 aromatic heterocycles. The first-order chi connectivity index (χ1) is 18.5. The average molecular weight is 534 g/mol. The number of amides is 1. The van der Waals surface area contributed by atoms with Gasteiger partial charge in [0.1, 0.15) is 0 Å². The van der Waals surface area contributed by atoms with Crippen molar-refractivity contribution in [3.63, 3.8) is 0 Å². The van der Waals surface area contributed by atoms with Crippen LogP contribution in [0.25, 0.3) is 0 Å². The Morgan fingerprint density at radius 2 is 1.34 bits per heavy atom. The van der Waals surface area contributed by atoms with Gasteiger partial charge in [-0.3, -0.25) is 9.48 Å². The Labute approximate surface area is 228 Å². The topological polar surface area (TPSA) is 93.1 Å². The molecule has 1 amide bonds. The Morgan fingerprint density at radius 1 is 0.816 bits per heavy atom. The molecule has 0 spiro atoms. The second-order valence-electron chi connectivity index (χ2n) is 9.65. The molecule has 0 aliphatic heterocycles. The Bertz CT molecular complexity index is 871. The van der Waals surface area contributed by atoms with Gasteiger partial charge in [-0.15, -0.1) is 0 Å². The Balaban J connectivity index is 1.37. The van der Waals surface area contributed by atoms with Gasteiger partial charge < -0.3 is 29.0 Å². The van der Waals surface area contributed by atoms with E-state index in [4.69, 9.17) is 23.7 Å².